The highest BCUT2D eigenvalue weighted by atomic mass is 35.5. The second-order valence-electron chi connectivity index (χ2n) is 2.03. The summed E-state index contributed by atoms with van der Waals surface area (Å²) >= 11 is 5.74. The second kappa shape index (κ2) is 1.99. The molecule has 2 rings (SSSR count). The molecule has 0 fully saturated rings. The summed E-state index contributed by atoms with van der Waals surface area (Å²) in [6, 6.07) is 5.79. The first-order valence-corrected chi connectivity index (χ1v) is 3.33. The van der Waals surface area contributed by atoms with E-state index in [2.05, 4.69) is 4.98 Å². The average molecular weight is 153 g/mol. The Bertz CT molecular complexity index is 353. The zero-order valence-corrected chi connectivity index (χ0v) is 5.92. The lowest BCUT2D eigenvalue weighted by atomic mass is 10.4. The minimum atomic E-state index is 0.556. The van der Waals surface area contributed by atoms with Crippen molar-refractivity contribution < 1.29 is 0 Å². The van der Waals surface area contributed by atoms with Crippen LogP contribution in [0.3, 0.4) is 0 Å². The summed E-state index contributed by atoms with van der Waals surface area (Å²) in [6.07, 6.45) is 3.60. The smallest absolute Gasteiger partial charge is 0.154 e. The van der Waals surface area contributed by atoms with Gasteiger partial charge in [0.25, 0.3) is 0 Å². The Balaban J connectivity index is 2.93. The Morgan fingerprint density at radius 2 is 2.30 bits per heavy atom. The summed E-state index contributed by atoms with van der Waals surface area (Å²) in [5, 5.41) is 0.556. The van der Waals surface area contributed by atoms with Crippen LogP contribution in [0, 0.1) is 0 Å². The van der Waals surface area contributed by atoms with Gasteiger partial charge in [0.1, 0.15) is 6.33 Å². The van der Waals surface area contributed by atoms with Crippen molar-refractivity contribution in [2.24, 2.45) is 0 Å². The topological polar surface area (TPSA) is 17.3 Å². The van der Waals surface area contributed by atoms with Gasteiger partial charge in [-0.2, -0.15) is 0 Å². The first-order valence-electron chi connectivity index (χ1n) is 2.95. The molecule has 2 aromatic rings. The number of rotatable bonds is 0. The number of aromatic nitrogens is 2. The van der Waals surface area contributed by atoms with Crippen molar-refractivity contribution in [1.82, 2.24) is 9.38 Å². The van der Waals surface area contributed by atoms with E-state index in [1.165, 1.54) is 0 Å². The summed E-state index contributed by atoms with van der Waals surface area (Å²) in [5.41, 5.74) is 0.948. The highest BCUT2D eigenvalue weighted by Gasteiger charge is 1.96. The van der Waals surface area contributed by atoms with Crippen LogP contribution in [0.2, 0.25) is 5.15 Å². The lowest BCUT2D eigenvalue weighted by Crippen LogP contribution is -1.76. The molecule has 0 N–H and O–H groups in total. The van der Waals surface area contributed by atoms with Crippen molar-refractivity contribution >= 4 is 17.1 Å². The monoisotopic (exact) mass is 152 g/mol. The highest BCUT2D eigenvalue weighted by molar-refractivity contribution is 6.32. The third-order valence-corrected chi connectivity index (χ3v) is 1.69. The van der Waals surface area contributed by atoms with Gasteiger partial charge in [-0.15, -0.1) is 0 Å². The SMILES string of the molecule is Clc1ncn2ccccc12. The summed E-state index contributed by atoms with van der Waals surface area (Å²) < 4.78 is 1.88. The van der Waals surface area contributed by atoms with Crippen molar-refractivity contribution in [3.8, 4) is 0 Å². The maximum absolute atomic E-state index is 5.74. The average Bonchev–Trinajstić information content (AvgIpc) is 2.34. The first kappa shape index (κ1) is 5.74. The Hall–Kier alpha value is -1.02. The fourth-order valence-corrected chi connectivity index (χ4v) is 1.11. The summed E-state index contributed by atoms with van der Waals surface area (Å²) in [6.45, 7) is 0. The molecule has 0 aromatic carbocycles. The molecule has 0 aliphatic heterocycles. The molecule has 0 spiro atoms. The Morgan fingerprint density at radius 1 is 1.40 bits per heavy atom. The molecule has 0 radical (unpaired) electrons. The Morgan fingerprint density at radius 3 is 3.10 bits per heavy atom. The van der Waals surface area contributed by atoms with E-state index in [4.69, 9.17) is 11.6 Å². The van der Waals surface area contributed by atoms with Crippen LogP contribution in [0.1, 0.15) is 0 Å². The Kier molecular flexibility index (Phi) is 1.14. The molecule has 50 valence electrons. The maximum Gasteiger partial charge on any atom is 0.154 e. The van der Waals surface area contributed by atoms with Crippen molar-refractivity contribution in [2.45, 2.75) is 0 Å². The fourth-order valence-electron chi connectivity index (χ4n) is 0.910. The molecule has 0 bridgehead atoms. The number of fused-ring (bicyclic) bond motifs is 1. The van der Waals surface area contributed by atoms with Crippen LogP contribution < -0.4 is 0 Å². The standard InChI is InChI=1S/C7H5ClN2/c8-7-6-3-1-2-4-10(6)5-9-7/h1-5H. The van der Waals surface area contributed by atoms with E-state index in [1.54, 1.807) is 6.33 Å². The number of hydrogen-bond donors (Lipinski definition) is 0. The first-order chi connectivity index (χ1) is 4.88. The molecule has 0 saturated carbocycles. The van der Waals surface area contributed by atoms with E-state index < -0.39 is 0 Å². The van der Waals surface area contributed by atoms with E-state index in [9.17, 15) is 0 Å². The van der Waals surface area contributed by atoms with Gasteiger partial charge in [-0.3, -0.25) is 0 Å². The molecule has 0 aliphatic carbocycles. The number of nitrogens with zero attached hydrogens (tertiary/aromatic N) is 2. The maximum atomic E-state index is 5.74. The lowest BCUT2D eigenvalue weighted by Gasteiger charge is -1.88. The summed E-state index contributed by atoms with van der Waals surface area (Å²) in [5.74, 6) is 0. The van der Waals surface area contributed by atoms with Gasteiger partial charge in [-0.25, -0.2) is 4.98 Å². The molecule has 0 atom stereocenters. The normalized spacial score (nSPS) is 10.5. The lowest BCUT2D eigenvalue weighted by molar-refractivity contribution is 1.15. The van der Waals surface area contributed by atoms with Crippen molar-refractivity contribution in [1.29, 1.82) is 0 Å². The van der Waals surface area contributed by atoms with Crippen molar-refractivity contribution in [3.05, 3.63) is 35.9 Å². The van der Waals surface area contributed by atoms with Gasteiger partial charge in [0, 0.05) is 6.20 Å². The predicted octanol–water partition coefficient (Wildman–Crippen LogP) is 1.99. The molecule has 0 amide bonds. The number of pyridine rings is 1. The molecule has 0 unspecified atom stereocenters. The quantitative estimate of drug-likeness (QED) is 0.564. The minimum Gasteiger partial charge on any atom is -0.305 e. The van der Waals surface area contributed by atoms with E-state index >= 15 is 0 Å². The van der Waals surface area contributed by atoms with E-state index in [1.807, 2.05) is 28.8 Å². The van der Waals surface area contributed by atoms with Gasteiger partial charge in [0.05, 0.1) is 5.52 Å². The van der Waals surface area contributed by atoms with Gasteiger partial charge in [-0.1, -0.05) is 17.7 Å². The molecular formula is C7H5ClN2. The van der Waals surface area contributed by atoms with Gasteiger partial charge < -0.3 is 4.40 Å². The van der Waals surface area contributed by atoms with Crippen LogP contribution in [0.15, 0.2) is 30.7 Å². The zero-order chi connectivity index (χ0) is 6.97. The fraction of sp³-hybridized carbons (Fsp3) is 0. The van der Waals surface area contributed by atoms with Crippen LogP contribution in [-0.2, 0) is 0 Å². The molecule has 2 nitrogen and oxygen atoms in total. The number of imidazole rings is 1. The molecular weight excluding hydrogens is 148 g/mol. The summed E-state index contributed by atoms with van der Waals surface area (Å²) in [7, 11) is 0. The summed E-state index contributed by atoms with van der Waals surface area (Å²) in [4.78, 5) is 3.92. The zero-order valence-electron chi connectivity index (χ0n) is 5.16. The van der Waals surface area contributed by atoms with Crippen LogP contribution in [0.5, 0.6) is 0 Å². The van der Waals surface area contributed by atoms with Gasteiger partial charge in [-0.05, 0) is 12.1 Å². The highest BCUT2D eigenvalue weighted by Crippen LogP contribution is 2.13. The van der Waals surface area contributed by atoms with Crippen LogP contribution in [-0.4, -0.2) is 9.38 Å². The molecule has 0 saturated heterocycles. The third-order valence-electron chi connectivity index (χ3n) is 1.40. The molecule has 0 aliphatic rings. The number of halogens is 1. The molecule has 2 heterocycles. The van der Waals surface area contributed by atoms with Crippen molar-refractivity contribution in [3.63, 3.8) is 0 Å². The van der Waals surface area contributed by atoms with Gasteiger partial charge in [0.2, 0.25) is 0 Å². The van der Waals surface area contributed by atoms with Crippen LogP contribution in [0.25, 0.3) is 5.52 Å². The molecule has 3 heteroatoms. The second-order valence-corrected chi connectivity index (χ2v) is 2.39. The molecule has 10 heavy (non-hydrogen) atoms. The van der Waals surface area contributed by atoms with E-state index in [0.717, 1.165) is 5.52 Å². The van der Waals surface area contributed by atoms with Crippen LogP contribution >= 0.6 is 11.6 Å². The minimum absolute atomic E-state index is 0.556. The molecule has 2 aromatic heterocycles. The van der Waals surface area contributed by atoms with Crippen LogP contribution in [0.4, 0.5) is 0 Å². The number of hydrogen-bond acceptors (Lipinski definition) is 1. The largest absolute Gasteiger partial charge is 0.305 e. The third kappa shape index (κ3) is 0.693. The predicted molar refractivity (Wildman–Crippen MR) is 40.2 cm³/mol. The Labute approximate surface area is 63.1 Å². The van der Waals surface area contributed by atoms with E-state index in [0.29, 0.717) is 5.15 Å². The van der Waals surface area contributed by atoms with E-state index in [-0.39, 0.29) is 0 Å². The van der Waals surface area contributed by atoms with Gasteiger partial charge in [0.15, 0.2) is 5.15 Å². The van der Waals surface area contributed by atoms with Gasteiger partial charge >= 0.3 is 0 Å². The van der Waals surface area contributed by atoms with Crippen molar-refractivity contribution in [2.75, 3.05) is 0 Å².